The first kappa shape index (κ1) is 19.7. The first-order valence-corrected chi connectivity index (χ1v) is 10.4. The number of furan rings is 1. The molecule has 1 atom stereocenters. The molecule has 4 rings (SSSR count). The van der Waals surface area contributed by atoms with E-state index in [2.05, 4.69) is 44.2 Å². The highest BCUT2D eigenvalue weighted by Gasteiger charge is 2.25. The van der Waals surface area contributed by atoms with Crippen molar-refractivity contribution in [3.05, 3.63) is 35.5 Å². The summed E-state index contributed by atoms with van der Waals surface area (Å²) in [4.78, 5) is 30.4. The van der Waals surface area contributed by atoms with Gasteiger partial charge >= 0.3 is 0 Å². The van der Waals surface area contributed by atoms with Crippen molar-refractivity contribution in [1.29, 1.82) is 0 Å². The van der Waals surface area contributed by atoms with Crippen LogP contribution in [0.3, 0.4) is 0 Å². The number of hydrogen-bond acceptors (Lipinski definition) is 8. The van der Waals surface area contributed by atoms with E-state index in [1.54, 1.807) is 12.3 Å². The molecule has 9 heteroatoms. The Morgan fingerprint density at radius 2 is 2.24 bits per heavy atom. The van der Waals surface area contributed by atoms with E-state index in [4.69, 9.17) is 4.42 Å². The molecule has 0 aromatic carbocycles. The van der Waals surface area contributed by atoms with Gasteiger partial charge in [0.25, 0.3) is 0 Å². The van der Waals surface area contributed by atoms with Gasteiger partial charge in [-0.15, -0.1) is 11.3 Å². The predicted octanol–water partition coefficient (Wildman–Crippen LogP) is 2.74. The lowest BCUT2D eigenvalue weighted by Gasteiger charge is -2.20. The molecule has 3 aromatic rings. The average molecular weight is 413 g/mol. The van der Waals surface area contributed by atoms with Gasteiger partial charge in [0.15, 0.2) is 11.6 Å². The molecule has 29 heavy (non-hydrogen) atoms. The van der Waals surface area contributed by atoms with E-state index in [0.717, 1.165) is 30.3 Å². The summed E-state index contributed by atoms with van der Waals surface area (Å²) in [6, 6.07) is 5.93. The zero-order valence-electron chi connectivity index (χ0n) is 16.8. The molecule has 1 aliphatic rings. The highest BCUT2D eigenvalue weighted by molar-refractivity contribution is 7.13. The van der Waals surface area contributed by atoms with Crippen LogP contribution < -0.4 is 5.32 Å². The molecule has 1 N–H and O–H groups in total. The second kappa shape index (κ2) is 8.40. The molecule has 1 saturated heterocycles. The molecule has 0 saturated carbocycles. The van der Waals surface area contributed by atoms with Crippen LogP contribution >= 0.6 is 11.3 Å². The molecular weight excluding hydrogens is 388 g/mol. The highest BCUT2D eigenvalue weighted by Crippen LogP contribution is 2.26. The van der Waals surface area contributed by atoms with Gasteiger partial charge in [-0.2, -0.15) is 0 Å². The van der Waals surface area contributed by atoms with Crippen molar-refractivity contribution in [1.82, 2.24) is 24.8 Å². The van der Waals surface area contributed by atoms with Crippen molar-refractivity contribution in [3.63, 3.8) is 0 Å². The molecule has 0 unspecified atom stereocenters. The summed E-state index contributed by atoms with van der Waals surface area (Å²) >= 11 is 1.48. The second-order valence-corrected chi connectivity index (χ2v) is 8.29. The normalized spacial score (nSPS) is 17.2. The molecule has 1 aliphatic heterocycles. The average Bonchev–Trinajstić information content (AvgIpc) is 3.43. The van der Waals surface area contributed by atoms with Crippen molar-refractivity contribution >= 4 is 23.1 Å². The lowest BCUT2D eigenvalue weighted by Crippen LogP contribution is -2.35. The molecule has 3 aromatic heterocycles. The maximum absolute atomic E-state index is 12.6. The summed E-state index contributed by atoms with van der Waals surface area (Å²) in [5.74, 6) is 2.12. The van der Waals surface area contributed by atoms with Crippen LogP contribution in [0.2, 0.25) is 0 Å². The fraction of sp³-hybridized carbons (Fsp3) is 0.400. The largest absolute Gasteiger partial charge is 0.458 e. The van der Waals surface area contributed by atoms with Gasteiger partial charge in [-0.3, -0.25) is 9.69 Å². The van der Waals surface area contributed by atoms with Gasteiger partial charge in [0.05, 0.1) is 6.54 Å². The van der Waals surface area contributed by atoms with Crippen LogP contribution in [0, 0.1) is 6.92 Å². The van der Waals surface area contributed by atoms with E-state index < -0.39 is 0 Å². The van der Waals surface area contributed by atoms with Crippen LogP contribution in [0.4, 0.5) is 5.82 Å². The molecule has 1 amide bonds. The minimum absolute atomic E-state index is 0.0882. The van der Waals surface area contributed by atoms with Crippen molar-refractivity contribution < 1.29 is 9.21 Å². The number of carbonyl (C=O) groups is 1. The summed E-state index contributed by atoms with van der Waals surface area (Å²) in [5, 5.41) is 5.58. The first-order chi connectivity index (χ1) is 14.0. The minimum atomic E-state index is -0.0882. The Labute approximate surface area is 173 Å². The fourth-order valence-corrected chi connectivity index (χ4v) is 4.00. The number of aryl methyl sites for hydroxylation is 1. The Morgan fingerprint density at radius 3 is 2.90 bits per heavy atom. The predicted molar refractivity (Wildman–Crippen MR) is 113 cm³/mol. The van der Waals surface area contributed by atoms with Gasteiger partial charge in [0, 0.05) is 36.8 Å². The molecular formula is C20H24N6O2S. The number of nitrogens with one attached hydrogen (secondary N) is 1. The molecule has 8 nitrogen and oxygen atoms in total. The SMILES string of the molecule is Cc1ccc(-c2nc(NC(=O)CN3CC[C@@H](N(C)C)C3)cc(-c3nccs3)n2)o1. The zero-order chi connectivity index (χ0) is 20.4. The van der Waals surface area contributed by atoms with Crippen LogP contribution in [0.25, 0.3) is 22.3 Å². The Hall–Kier alpha value is -2.62. The lowest BCUT2D eigenvalue weighted by atomic mass is 10.2. The third kappa shape index (κ3) is 4.69. The van der Waals surface area contributed by atoms with Gasteiger partial charge in [0.1, 0.15) is 22.3 Å². The van der Waals surface area contributed by atoms with E-state index in [9.17, 15) is 4.79 Å². The summed E-state index contributed by atoms with van der Waals surface area (Å²) in [5.41, 5.74) is 0.656. The number of amides is 1. The van der Waals surface area contributed by atoms with E-state index in [-0.39, 0.29) is 5.91 Å². The number of nitrogens with zero attached hydrogens (tertiary/aromatic N) is 5. The van der Waals surface area contributed by atoms with Gasteiger partial charge in [-0.1, -0.05) is 0 Å². The maximum Gasteiger partial charge on any atom is 0.239 e. The number of rotatable bonds is 6. The van der Waals surface area contributed by atoms with Gasteiger partial charge in [-0.05, 0) is 39.6 Å². The Kier molecular flexibility index (Phi) is 5.70. The number of likely N-dealkylation sites (N-methyl/N-ethyl adjacent to an activating group) is 1. The van der Waals surface area contributed by atoms with E-state index >= 15 is 0 Å². The van der Waals surface area contributed by atoms with Crippen LogP contribution in [0.15, 0.2) is 34.2 Å². The molecule has 0 bridgehead atoms. The maximum atomic E-state index is 12.6. The number of thiazole rings is 1. The quantitative estimate of drug-likeness (QED) is 0.666. The molecule has 0 radical (unpaired) electrons. The van der Waals surface area contributed by atoms with E-state index in [1.807, 2.05) is 24.4 Å². The second-order valence-electron chi connectivity index (χ2n) is 7.40. The molecule has 0 spiro atoms. The summed E-state index contributed by atoms with van der Waals surface area (Å²) in [6.45, 7) is 4.02. The van der Waals surface area contributed by atoms with Crippen molar-refractivity contribution in [2.24, 2.45) is 0 Å². The standard InChI is InChI=1S/C20H24N6O2S/c1-13-4-5-16(28-13)19-22-15(20-21-7-9-29-20)10-17(24-19)23-18(27)12-26-8-6-14(11-26)25(2)3/h4-5,7,9-10,14H,6,8,11-12H2,1-3H3,(H,22,23,24,27)/t14-/m1/s1. The van der Waals surface area contributed by atoms with Crippen molar-refractivity contribution in [2.75, 3.05) is 39.0 Å². The summed E-state index contributed by atoms with van der Waals surface area (Å²) in [7, 11) is 4.15. The third-order valence-electron chi connectivity index (χ3n) is 4.95. The zero-order valence-corrected chi connectivity index (χ0v) is 17.6. The van der Waals surface area contributed by atoms with Crippen LogP contribution in [-0.4, -0.2) is 70.4 Å². The Bertz CT molecular complexity index is 985. The number of hydrogen-bond donors (Lipinski definition) is 1. The van der Waals surface area contributed by atoms with E-state index in [0.29, 0.717) is 35.7 Å². The molecule has 152 valence electrons. The lowest BCUT2D eigenvalue weighted by molar-refractivity contribution is -0.117. The van der Waals surface area contributed by atoms with Crippen molar-refractivity contribution in [2.45, 2.75) is 19.4 Å². The Balaban J connectivity index is 1.53. The summed E-state index contributed by atoms with van der Waals surface area (Å²) in [6.07, 6.45) is 2.80. The Morgan fingerprint density at radius 1 is 1.38 bits per heavy atom. The summed E-state index contributed by atoms with van der Waals surface area (Å²) < 4.78 is 5.68. The van der Waals surface area contributed by atoms with Crippen LogP contribution in [0.5, 0.6) is 0 Å². The smallest absolute Gasteiger partial charge is 0.239 e. The van der Waals surface area contributed by atoms with Gasteiger partial charge in [0.2, 0.25) is 5.91 Å². The van der Waals surface area contributed by atoms with Gasteiger partial charge < -0.3 is 14.6 Å². The number of likely N-dealkylation sites (tertiary alicyclic amines) is 1. The van der Waals surface area contributed by atoms with E-state index in [1.165, 1.54) is 11.3 Å². The number of carbonyl (C=O) groups excluding carboxylic acids is 1. The third-order valence-corrected chi connectivity index (χ3v) is 5.75. The number of aromatic nitrogens is 3. The highest BCUT2D eigenvalue weighted by atomic mass is 32.1. The first-order valence-electron chi connectivity index (χ1n) is 9.52. The molecule has 1 fully saturated rings. The minimum Gasteiger partial charge on any atom is -0.458 e. The topological polar surface area (TPSA) is 87.4 Å². The van der Waals surface area contributed by atoms with Crippen LogP contribution in [-0.2, 0) is 4.79 Å². The molecule has 0 aliphatic carbocycles. The monoisotopic (exact) mass is 412 g/mol. The number of anilines is 1. The van der Waals surface area contributed by atoms with Crippen molar-refractivity contribution in [3.8, 4) is 22.3 Å². The molecule has 4 heterocycles. The van der Waals surface area contributed by atoms with Gasteiger partial charge in [-0.25, -0.2) is 15.0 Å². The fourth-order valence-electron chi connectivity index (χ4n) is 3.40. The van der Waals surface area contributed by atoms with Crippen LogP contribution in [0.1, 0.15) is 12.2 Å².